The Kier molecular flexibility index (Phi) is 5.36. The molecule has 0 bridgehead atoms. The highest BCUT2D eigenvalue weighted by Crippen LogP contribution is 2.32. The van der Waals surface area contributed by atoms with Gasteiger partial charge in [0.05, 0.1) is 23.7 Å². The number of nitrogens with zero attached hydrogens (tertiary/aromatic N) is 4. The van der Waals surface area contributed by atoms with E-state index in [1.807, 2.05) is 10.9 Å². The first-order chi connectivity index (χ1) is 13.5. The molecule has 0 saturated carbocycles. The van der Waals surface area contributed by atoms with Gasteiger partial charge in [0.1, 0.15) is 0 Å². The molecule has 0 unspecified atom stereocenters. The summed E-state index contributed by atoms with van der Waals surface area (Å²) >= 11 is 2.65. The maximum Gasteiger partial charge on any atom is 0.230 e. The molecular formula is C19H22N6OS2. The molecule has 1 aliphatic carbocycles. The average Bonchev–Trinajstić information content (AvgIpc) is 3.29. The zero-order valence-corrected chi connectivity index (χ0v) is 17.4. The van der Waals surface area contributed by atoms with Gasteiger partial charge in [-0.25, -0.2) is 4.68 Å². The van der Waals surface area contributed by atoms with Crippen LogP contribution in [0.4, 0.5) is 5.13 Å². The van der Waals surface area contributed by atoms with E-state index in [-0.39, 0.29) is 11.9 Å². The van der Waals surface area contributed by atoms with Gasteiger partial charge in [-0.1, -0.05) is 35.2 Å². The summed E-state index contributed by atoms with van der Waals surface area (Å²) in [5, 5.41) is 15.9. The normalized spacial score (nSPS) is 16.0. The first-order valence-electron chi connectivity index (χ1n) is 9.17. The zero-order chi connectivity index (χ0) is 19.7. The molecule has 28 heavy (non-hydrogen) atoms. The first kappa shape index (κ1) is 18.9. The molecule has 0 fully saturated rings. The van der Waals surface area contributed by atoms with Crippen molar-refractivity contribution < 1.29 is 4.79 Å². The van der Waals surface area contributed by atoms with Crippen LogP contribution in [-0.4, -0.2) is 31.6 Å². The van der Waals surface area contributed by atoms with Crippen LogP contribution in [0.25, 0.3) is 5.69 Å². The number of hydrogen-bond donors (Lipinski definition) is 2. The highest BCUT2D eigenvalue weighted by molar-refractivity contribution is 8.01. The van der Waals surface area contributed by atoms with E-state index in [1.165, 1.54) is 39.9 Å². The molecule has 4 rings (SSSR count). The van der Waals surface area contributed by atoms with Crippen molar-refractivity contribution in [1.29, 1.82) is 0 Å². The molecule has 146 valence electrons. The molecule has 2 aromatic heterocycles. The van der Waals surface area contributed by atoms with Gasteiger partial charge >= 0.3 is 0 Å². The van der Waals surface area contributed by atoms with Crippen LogP contribution >= 0.6 is 23.1 Å². The molecule has 0 spiro atoms. The van der Waals surface area contributed by atoms with E-state index in [9.17, 15) is 4.79 Å². The number of benzene rings is 1. The van der Waals surface area contributed by atoms with Crippen molar-refractivity contribution in [3.8, 4) is 5.69 Å². The maximum atomic E-state index is 12.4. The van der Waals surface area contributed by atoms with Crippen LogP contribution in [-0.2, 0) is 11.2 Å². The number of rotatable bonds is 5. The number of nitrogens with one attached hydrogen (secondary N) is 1. The van der Waals surface area contributed by atoms with Crippen LogP contribution in [0, 0.1) is 13.8 Å². The summed E-state index contributed by atoms with van der Waals surface area (Å²) in [6.45, 7) is 4.24. The number of anilines is 1. The number of aromatic nitrogens is 4. The SMILES string of the molecule is Cc1cccc(-n2ncc3c2CCC[C@H]3NC(=O)CSc2nnc(N)s2)c1C. The van der Waals surface area contributed by atoms with Crippen molar-refractivity contribution in [2.24, 2.45) is 0 Å². The number of fused-ring (bicyclic) bond motifs is 1. The van der Waals surface area contributed by atoms with Crippen LogP contribution < -0.4 is 11.1 Å². The highest BCUT2D eigenvalue weighted by atomic mass is 32.2. The molecule has 1 aromatic carbocycles. The number of thioether (sulfide) groups is 1. The number of carbonyl (C=O) groups excluding carboxylic acids is 1. The van der Waals surface area contributed by atoms with Gasteiger partial charge in [0.25, 0.3) is 0 Å². The fourth-order valence-electron chi connectivity index (χ4n) is 3.52. The summed E-state index contributed by atoms with van der Waals surface area (Å²) in [6.07, 6.45) is 4.82. The van der Waals surface area contributed by atoms with E-state index in [0.717, 1.165) is 30.5 Å². The zero-order valence-electron chi connectivity index (χ0n) is 15.8. The topological polar surface area (TPSA) is 98.7 Å². The van der Waals surface area contributed by atoms with Crippen LogP contribution in [0.1, 0.15) is 41.3 Å². The van der Waals surface area contributed by atoms with Crippen molar-refractivity contribution >= 4 is 34.1 Å². The van der Waals surface area contributed by atoms with Crippen LogP contribution in [0.2, 0.25) is 0 Å². The van der Waals surface area contributed by atoms with Crippen molar-refractivity contribution in [3.63, 3.8) is 0 Å². The lowest BCUT2D eigenvalue weighted by Gasteiger charge is -2.24. The molecule has 1 atom stereocenters. The lowest BCUT2D eigenvalue weighted by Crippen LogP contribution is -2.32. The molecule has 0 aliphatic heterocycles. The quantitative estimate of drug-likeness (QED) is 0.622. The van der Waals surface area contributed by atoms with Gasteiger partial charge in [0, 0.05) is 11.3 Å². The summed E-state index contributed by atoms with van der Waals surface area (Å²) in [5.41, 5.74) is 11.5. The third-order valence-corrected chi connectivity index (χ3v) is 6.96. The van der Waals surface area contributed by atoms with Crippen LogP contribution in [0.3, 0.4) is 0 Å². The molecule has 3 N–H and O–H groups in total. The minimum absolute atomic E-state index is 0.00444. The van der Waals surface area contributed by atoms with Gasteiger partial charge in [0.15, 0.2) is 4.34 Å². The molecular weight excluding hydrogens is 392 g/mol. The van der Waals surface area contributed by atoms with E-state index in [1.54, 1.807) is 0 Å². The number of nitrogen functional groups attached to an aromatic ring is 1. The standard InChI is InChI=1S/C19H22N6OS2/c1-11-5-3-7-15(12(11)2)25-16-8-4-6-14(13(16)9-21-25)22-17(26)10-27-19-24-23-18(20)28-19/h3,5,7,9,14H,4,6,8,10H2,1-2H3,(H2,20,23)(H,22,26)/t14-/m1/s1. The summed E-state index contributed by atoms with van der Waals surface area (Å²) in [4.78, 5) is 12.4. The monoisotopic (exact) mass is 414 g/mol. The van der Waals surface area contributed by atoms with Crippen molar-refractivity contribution in [3.05, 3.63) is 46.8 Å². The van der Waals surface area contributed by atoms with Crippen molar-refractivity contribution in [2.75, 3.05) is 11.5 Å². The Morgan fingerprint density at radius 1 is 1.39 bits per heavy atom. The maximum absolute atomic E-state index is 12.4. The van der Waals surface area contributed by atoms with E-state index in [4.69, 9.17) is 5.73 Å². The number of aryl methyl sites for hydroxylation is 1. The third kappa shape index (κ3) is 3.77. The number of amides is 1. The molecule has 0 saturated heterocycles. The van der Waals surface area contributed by atoms with Crippen LogP contribution in [0.5, 0.6) is 0 Å². The van der Waals surface area contributed by atoms with Crippen molar-refractivity contribution in [2.45, 2.75) is 43.5 Å². The first-order valence-corrected chi connectivity index (χ1v) is 11.0. The molecule has 1 amide bonds. The van der Waals surface area contributed by atoms with E-state index < -0.39 is 0 Å². The Hall–Kier alpha value is -2.39. The Labute approximate surface area is 171 Å². The Morgan fingerprint density at radius 2 is 2.25 bits per heavy atom. The number of carbonyl (C=O) groups is 1. The third-order valence-electron chi connectivity index (χ3n) is 5.07. The molecule has 2 heterocycles. The average molecular weight is 415 g/mol. The Morgan fingerprint density at radius 3 is 3.04 bits per heavy atom. The van der Waals surface area contributed by atoms with E-state index in [2.05, 4.69) is 52.7 Å². The molecule has 0 radical (unpaired) electrons. The summed E-state index contributed by atoms with van der Waals surface area (Å²) in [6, 6.07) is 6.27. The Bertz CT molecular complexity index is 1010. The number of nitrogens with two attached hydrogens (primary N) is 1. The summed E-state index contributed by atoms with van der Waals surface area (Å²) in [5.74, 6) is 0.280. The fraction of sp³-hybridized carbons (Fsp3) is 0.368. The molecule has 3 aromatic rings. The van der Waals surface area contributed by atoms with Gasteiger partial charge in [-0.05, 0) is 50.3 Å². The largest absolute Gasteiger partial charge is 0.374 e. The molecule has 1 aliphatic rings. The molecule has 9 heteroatoms. The van der Waals surface area contributed by atoms with Gasteiger partial charge in [-0.2, -0.15) is 5.10 Å². The van der Waals surface area contributed by atoms with Gasteiger partial charge in [0.2, 0.25) is 11.0 Å². The predicted octanol–water partition coefficient (Wildman–Crippen LogP) is 3.21. The van der Waals surface area contributed by atoms with Crippen LogP contribution in [0.15, 0.2) is 28.7 Å². The summed E-state index contributed by atoms with van der Waals surface area (Å²) in [7, 11) is 0. The van der Waals surface area contributed by atoms with Gasteiger partial charge in [-0.3, -0.25) is 4.79 Å². The smallest absolute Gasteiger partial charge is 0.230 e. The number of hydrogen-bond acceptors (Lipinski definition) is 7. The highest BCUT2D eigenvalue weighted by Gasteiger charge is 2.26. The van der Waals surface area contributed by atoms with E-state index >= 15 is 0 Å². The second-order valence-corrected chi connectivity index (χ2v) is 9.12. The second-order valence-electron chi connectivity index (χ2n) is 6.88. The molecule has 7 nitrogen and oxygen atoms in total. The Balaban J connectivity index is 1.49. The lowest BCUT2D eigenvalue weighted by atomic mass is 9.92. The van der Waals surface area contributed by atoms with E-state index in [0.29, 0.717) is 15.2 Å². The fourth-order valence-corrected chi connectivity index (χ4v) is 4.97. The second kappa shape index (κ2) is 7.92. The van der Waals surface area contributed by atoms with Crippen molar-refractivity contribution in [1.82, 2.24) is 25.3 Å². The minimum Gasteiger partial charge on any atom is -0.374 e. The minimum atomic E-state index is -0.0175. The van der Waals surface area contributed by atoms with Gasteiger partial charge in [-0.15, -0.1) is 10.2 Å². The predicted molar refractivity (Wildman–Crippen MR) is 112 cm³/mol. The van der Waals surface area contributed by atoms with Gasteiger partial charge < -0.3 is 11.1 Å². The summed E-state index contributed by atoms with van der Waals surface area (Å²) < 4.78 is 2.74. The lowest BCUT2D eigenvalue weighted by molar-refractivity contribution is -0.119.